The maximum absolute atomic E-state index is 12.8. The number of hydrogen-bond acceptors (Lipinski definition) is 4. The molecule has 2 N–H and O–H groups in total. The molecule has 2 aliphatic heterocycles. The summed E-state index contributed by atoms with van der Waals surface area (Å²) in [6.07, 6.45) is 3.30. The number of amides is 1. The monoisotopic (exact) mass is 401 g/mol. The van der Waals surface area contributed by atoms with Gasteiger partial charge in [-0.2, -0.15) is 4.31 Å². The average molecular weight is 402 g/mol. The summed E-state index contributed by atoms with van der Waals surface area (Å²) in [6.45, 7) is 3.77. The first-order valence-corrected chi connectivity index (χ1v) is 10.5. The van der Waals surface area contributed by atoms with Gasteiger partial charge in [-0.15, -0.1) is 12.4 Å². The van der Waals surface area contributed by atoms with Crippen molar-refractivity contribution < 1.29 is 13.2 Å². The maximum Gasteiger partial charge on any atom is 0.243 e. The van der Waals surface area contributed by atoms with Crippen molar-refractivity contribution in [2.45, 2.75) is 49.6 Å². The van der Waals surface area contributed by atoms with Gasteiger partial charge in [-0.05, 0) is 51.3 Å². The van der Waals surface area contributed by atoms with Crippen molar-refractivity contribution in [1.82, 2.24) is 14.9 Å². The molecule has 1 aromatic rings. The maximum atomic E-state index is 12.8. The van der Waals surface area contributed by atoms with Crippen LogP contribution >= 0.6 is 12.4 Å². The van der Waals surface area contributed by atoms with Crippen LogP contribution in [0.25, 0.3) is 0 Å². The first-order chi connectivity index (χ1) is 12.0. The number of carbonyl (C=O) groups is 1. The molecule has 146 valence electrons. The van der Waals surface area contributed by atoms with E-state index in [4.69, 9.17) is 0 Å². The number of hydrogen-bond donors (Lipinski definition) is 2. The van der Waals surface area contributed by atoms with E-state index in [1.54, 1.807) is 30.3 Å². The molecule has 6 nitrogen and oxygen atoms in total. The summed E-state index contributed by atoms with van der Waals surface area (Å²) >= 11 is 0. The normalized spacial score (nSPS) is 27.3. The SMILES string of the molecule is CC1CC(NC(=O)C2CCCN(S(=O)(=O)c3ccccc3)C2)CCN1.Cl. The molecule has 3 atom stereocenters. The highest BCUT2D eigenvalue weighted by atomic mass is 35.5. The first kappa shape index (κ1) is 21.2. The number of benzene rings is 1. The molecule has 1 amide bonds. The summed E-state index contributed by atoms with van der Waals surface area (Å²) in [7, 11) is -3.53. The van der Waals surface area contributed by atoms with Gasteiger partial charge in [0.05, 0.1) is 10.8 Å². The zero-order chi connectivity index (χ0) is 17.9. The fraction of sp³-hybridized carbons (Fsp3) is 0.611. The third-order valence-electron chi connectivity index (χ3n) is 5.11. The van der Waals surface area contributed by atoms with Crippen molar-refractivity contribution in [3.8, 4) is 0 Å². The van der Waals surface area contributed by atoms with Gasteiger partial charge in [-0.1, -0.05) is 18.2 Å². The predicted molar refractivity (Wildman–Crippen MR) is 104 cm³/mol. The molecule has 0 radical (unpaired) electrons. The molecule has 2 fully saturated rings. The van der Waals surface area contributed by atoms with Gasteiger partial charge in [0.2, 0.25) is 15.9 Å². The lowest BCUT2D eigenvalue weighted by Crippen LogP contribution is -2.51. The Bertz CT molecular complexity index is 699. The number of sulfonamides is 1. The van der Waals surface area contributed by atoms with Crippen molar-refractivity contribution in [3.05, 3.63) is 30.3 Å². The van der Waals surface area contributed by atoms with E-state index >= 15 is 0 Å². The van der Waals surface area contributed by atoms with Crippen LogP contribution in [0.4, 0.5) is 0 Å². The second-order valence-electron chi connectivity index (χ2n) is 7.10. The lowest BCUT2D eigenvalue weighted by atomic mass is 9.96. The molecular weight excluding hydrogens is 374 g/mol. The molecule has 2 heterocycles. The highest BCUT2D eigenvalue weighted by Gasteiger charge is 2.34. The second kappa shape index (κ2) is 9.17. The first-order valence-electron chi connectivity index (χ1n) is 9.06. The largest absolute Gasteiger partial charge is 0.353 e. The van der Waals surface area contributed by atoms with Crippen LogP contribution < -0.4 is 10.6 Å². The van der Waals surface area contributed by atoms with Gasteiger partial charge in [-0.3, -0.25) is 4.79 Å². The molecule has 8 heteroatoms. The van der Waals surface area contributed by atoms with E-state index in [2.05, 4.69) is 17.6 Å². The number of piperidine rings is 2. The second-order valence-corrected chi connectivity index (χ2v) is 9.04. The van der Waals surface area contributed by atoms with E-state index in [1.165, 1.54) is 4.31 Å². The van der Waals surface area contributed by atoms with Gasteiger partial charge in [-0.25, -0.2) is 8.42 Å². The summed E-state index contributed by atoms with van der Waals surface area (Å²) in [5.41, 5.74) is 0. The molecular formula is C18H28ClN3O3S. The molecule has 0 aliphatic carbocycles. The lowest BCUT2D eigenvalue weighted by Gasteiger charge is -2.34. The standard InChI is InChI=1S/C18H27N3O3S.ClH/c1-14-12-16(9-10-19-14)20-18(22)15-6-5-11-21(13-15)25(23,24)17-7-3-2-4-8-17;/h2-4,7-8,14-16,19H,5-6,9-13H2,1H3,(H,20,22);1H. The van der Waals surface area contributed by atoms with Crippen LogP contribution in [0.15, 0.2) is 35.2 Å². The summed E-state index contributed by atoms with van der Waals surface area (Å²) in [5.74, 6) is -0.274. The van der Waals surface area contributed by atoms with E-state index in [9.17, 15) is 13.2 Å². The fourth-order valence-electron chi connectivity index (χ4n) is 3.70. The number of rotatable bonds is 4. The number of nitrogens with zero attached hydrogens (tertiary/aromatic N) is 1. The van der Waals surface area contributed by atoms with Gasteiger partial charge >= 0.3 is 0 Å². The summed E-state index contributed by atoms with van der Waals surface area (Å²) in [5, 5.41) is 6.50. The summed E-state index contributed by atoms with van der Waals surface area (Å²) in [6, 6.07) is 9.04. The minimum atomic E-state index is -3.53. The zero-order valence-electron chi connectivity index (χ0n) is 15.1. The minimum Gasteiger partial charge on any atom is -0.353 e. The molecule has 26 heavy (non-hydrogen) atoms. The average Bonchev–Trinajstić information content (AvgIpc) is 2.62. The molecule has 0 spiro atoms. The quantitative estimate of drug-likeness (QED) is 0.805. The molecule has 2 saturated heterocycles. The van der Waals surface area contributed by atoms with Gasteiger partial charge in [0.1, 0.15) is 0 Å². The van der Waals surface area contributed by atoms with E-state index in [-0.39, 0.29) is 36.8 Å². The Morgan fingerprint density at radius 3 is 2.65 bits per heavy atom. The topological polar surface area (TPSA) is 78.5 Å². The molecule has 0 bridgehead atoms. The van der Waals surface area contributed by atoms with Gasteiger partial charge in [0, 0.05) is 25.2 Å². The Morgan fingerprint density at radius 2 is 1.96 bits per heavy atom. The van der Waals surface area contributed by atoms with Crippen LogP contribution in [-0.4, -0.2) is 50.3 Å². The van der Waals surface area contributed by atoms with Crippen LogP contribution in [0.2, 0.25) is 0 Å². The lowest BCUT2D eigenvalue weighted by molar-refractivity contribution is -0.127. The van der Waals surface area contributed by atoms with Crippen LogP contribution in [0, 0.1) is 5.92 Å². The Balaban J connectivity index is 0.00000243. The highest BCUT2D eigenvalue weighted by molar-refractivity contribution is 7.89. The van der Waals surface area contributed by atoms with E-state index in [0.717, 1.165) is 25.8 Å². The molecule has 0 aromatic heterocycles. The summed E-state index contributed by atoms with van der Waals surface area (Å²) < 4.78 is 27.0. The Kier molecular flexibility index (Phi) is 7.46. The Hall–Kier alpha value is -1.15. The van der Waals surface area contributed by atoms with Crippen molar-refractivity contribution >= 4 is 28.3 Å². The van der Waals surface area contributed by atoms with Crippen LogP contribution in [0.5, 0.6) is 0 Å². The zero-order valence-corrected chi connectivity index (χ0v) is 16.7. The Morgan fingerprint density at radius 1 is 1.23 bits per heavy atom. The number of nitrogens with one attached hydrogen (secondary N) is 2. The third-order valence-corrected chi connectivity index (χ3v) is 6.99. The summed E-state index contributed by atoms with van der Waals surface area (Å²) in [4.78, 5) is 12.9. The minimum absolute atomic E-state index is 0. The predicted octanol–water partition coefficient (Wildman–Crippen LogP) is 1.77. The molecule has 1 aromatic carbocycles. The number of carbonyl (C=O) groups excluding carboxylic acids is 1. The molecule has 3 rings (SSSR count). The van der Waals surface area contributed by atoms with Gasteiger partial charge in [0.25, 0.3) is 0 Å². The molecule has 3 unspecified atom stereocenters. The van der Waals surface area contributed by atoms with Crippen LogP contribution in [0.3, 0.4) is 0 Å². The van der Waals surface area contributed by atoms with Crippen LogP contribution in [-0.2, 0) is 14.8 Å². The van der Waals surface area contributed by atoms with Crippen LogP contribution in [0.1, 0.15) is 32.6 Å². The smallest absolute Gasteiger partial charge is 0.243 e. The number of halogens is 1. The molecule has 2 aliphatic rings. The van der Waals surface area contributed by atoms with E-state index in [1.807, 2.05) is 0 Å². The van der Waals surface area contributed by atoms with Gasteiger partial charge in [0.15, 0.2) is 0 Å². The van der Waals surface area contributed by atoms with E-state index < -0.39 is 10.0 Å². The van der Waals surface area contributed by atoms with Gasteiger partial charge < -0.3 is 10.6 Å². The fourth-order valence-corrected chi connectivity index (χ4v) is 5.24. The van der Waals surface area contributed by atoms with Crippen molar-refractivity contribution in [1.29, 1.82) is 0 Å². The Labute approximate surface area is 162 Å². The van der Waals surface area contributed by atoms with Crippen molar-refractivity contribution in [3.63, 3.8) is 0 Å². The van der Waals surface area contributed by atoms with E-state index in [0.29, 0.717) is 23.9 Å². The van der Waals surface area contributed by atoms with Crippen molar-refractivity contribution in [2.75, 3.05) is 19.6 Å². The third kappa shape index (κ3) is 4.97. The molecule has 0 saturated carbocycles. The highest BCUT2D eigenvalue weighted by Crippen LogP contribution is 2.24. The van der Waals surface area contributed by atoms with Crippen molar-refractivity contribution in [2.24, 2.45) is 5.92 Å².